The first-order valence-corrected chi connectivity index (χ1v) is 9.73. The van der Waals surface area contributed by atoms with Gasteiger partial charge in [-0.2, -0.15) is 5.26 Å². The van der Waals surface area contributed by atoms with Gasteiger partial charge in [0.15, 0.2) is 0 Å². The van der Waals surface area contributed by atoms with Crippen molar-refractivity contribution in [1.82, 2.24) is 15.2 Å². The number of nitrogens with one attached hydrogen (secondary N) is 2. The largest absolute Gasteiger partial charge is 0.496 e. The summed E-state index contributed by atoms with van der Waals surface area (Å²) in [4.78, 5) is 29.7. The lowest BCUT2D eigenvalue weighted by molar-refractivity contribution is -0.134. The van der Waals surface area contributed by atoms with Crippen LogP contribution in [-0.2, 0) is 11.2 Å². The highest BCUT2D eigenvalue weighted by molar-refractivity contribution is 5.85. The number of aromatic nitrogens is 1. The predicted molar refractivity (Wildman–Crippen MR) is 117 cm³/mol. The number of ether oxygens (including phenoxy) is 1. The molecule has 7 nitrogen and oxygen atoms in total. The zero-order valence-corrected chi connectivity index (χ0v) is 18.3. The third-order valence-electron chi connectivity index (χ3n) is 5.57. The van der Waals surface area contributed by atoms with Crippen molar-refractivity contribution in [2.75, 3.05) is 26.7 Å². The molecule has 1 unspecified atom stereocenters. The summed E-state index contributed by atoms with van der Waals surface area (Å²) in [6.45, 7) is 5.60. The van der Waals surface area contributed by atoms with Crippen LogP contribution in [0.1, 0.15) is 40.4 Å². The molecule has 1 atom stereocenters. The van der Waals surface area contributed by atoms with Crippen LogP contribution in [0, 0.1) is 25.2 Å². The molecule has 3 rings (SSSR count). The lowest BCUT2D eigenvalue weighted by Gasteiger charge is -2.37. The number of rotatable bonds is 5. The molecule has 0 spiro atoms. The standard InChI is InChI=1S/C22H26N4O3.ClH/c1-14-16(15(2)25-22(28)18(14)12-23)8-9-21(27)26-11-10-24-13-19(26)17-6-4-5-7-20(17)29-3;/h4-7,19,24H,8-11,13H2,1-3H3,(H,25,28);1H. The molecule has 1 fully saturated rings. The van der Waals surface area contributed by atoms with E-state index in [2.05, 4.69) is 10.3 Å². The summed E-state index contributed by atoms with van der Waals surface area (Å²) in [5.74, 6) is 0.816. The first kappa shape index (κ1) is 23.5. The zero-order chi connectivity index (χ0) is 21.0. The topological polar surface area (TPSA) is 98.2 Å². The van der Waals surface area contributed by atoms with Crippen LogP contribution < -0.4 is 15.6 Å². The fraction of sp³-hybridized carbons (Fsp3) is 0.409. The Morgan fingerprint density at radius 3 is 2.77 bits per heavy atom. The molecule has 160 valence electrons. The number of aryl methyl sites for hydroxylation is 1. The molecular formula is C22H27ClN4O3. The van der Waals surface area contributed by atoms with Crippen molar-refractivity contribution in [2.45, 2.75) is 32.7 Å². The Balaban J connectivity index is 0.00000320. The van der Waals surface area contributed by atoms with Crippen LogP contribution in [0.4, 0.5) is 0 Å². The number of hydrogen-bond acceptors (Lipinski definition) is 5. The second kappa shape index (κ2) is 10.3. The zero-order valence-electron chi connectivity index (χ0n) is 17.4. The van der Waals surface area contributed by atoms with Gasteiger partial charge >= 0.3 is 0 Å². The summed E-state index contributed by atoms with van der Waals surface area (Å²) in [6.07, 6.45) is 0.786. The average Bonchev–Trinajstić information content (AvgIpc) is 2.73. The maximum absolute atomic E-state index is 13.1. The van der Waals surface area contributed by atoms with Crippen molar-refractivity contribution in [3.63, 3.8) is 0 Å². The van der Waals surface area contributed by atoms with Crippen LogP contribution in [-0.4, -0.2) is 42.5 Å². The van der Waals surface area contributed by atoms with E-state index in [0.717, 1.165) is 23.4 Å². The number of nitriles is 1. The minimum Gasteiger partial charge on any atom is -0.496 e. The number of H-pyrrole nitrogens is 1. The summed E-state index contributed by atoms with van der Waals surface area (Å²) in [5.41, 5.74) is 2.95. The first-order chi connectivity index (χ1) is 14.0. The van der Waals surface area contributed by atoms with Crippen molar-refractivity contribution < 1.29 is 9.53 Å². The molecular weight excluding hydrogens is 404 g/mol. The Bertz CT molecular complexity index is 1010. The summed E-state index contributed by atoms with van der Waals surface area (Å²) in [5, 5.41) is 12.6. The van der Waals surface area contributed by atoms with Crippen molar-refractivity contribution in [1.29, 1.82) is 5.26 Å². The molecule has 1 aromatic heterocycles. The Hall–Kier alpha value is -2.82. The maximum Gasteiger partial charge on any atom is 0.266 e. The quantitative estimate of drug-likeness (QED) is 0.758. The van der Waals surface area contributed by atoms with Gasteiger partial charge in [-0.05, 0) is 37.5 Å². The van der Waals surface area contributed by atoms with Crippen molar-refractivity contribution >= 4 is 18.3 Å². The van der Waals surface area contributed by atoms with Crippen LogP contribution in [0.15, 0.2) is 29.1 Å². The average molecular weight is 431 g/mol. The Kier molecular flexibility index (Phi) is 8.04. The van der Waals surface area contributed by atoms with Gasteiger partial charge in [0.1, 0.15) is 17.4 Å². The predicted octanol–water partition coefficient (Wildman–Crippen LogP) is 2.40. The van der Waals surface area contributed by atoms with E-state index in [1.165, 1.54) is 0 Å². The number of piperazine rings is 1. The summed E-state index contributed by atoms with van der Waals surface area (Å²) >= 11 is 0. The Morgan fingerprint density at radius 2 is 2.07 bits per heavy atom. The van der Waals surface area contributed by atoms with Crippen molar-refractivity contribution in [2.24, 2.45) is 0 Å². The third-order valence-corrected chi connectivity index (χ3v) is 5.57. The molecule has 8 heteroatoms. The number of benzene rings is 1. The summed E-state index contributed by atoms with van der Waals surface area (Å²) < 4.78 is 5.49. The lowest BCUT2D eigenvalue weighted by Crippen LogP contribution is -2.48. The summed E-state index contributed by atoms with van der Waals surface area (Å²) in [6, 6.07) is 9.63. The van der Waals surface area contributed by atoms with E-state index in [9.17, 15) is 14.9 Å². The fourth-order valence-corrected chi connectivity index (χ4v) is 4.02. The monoisotopic (exact) mass is 430 g/mol. The highest BCUT2D eigenvalue weighted by Crippen LogP contribution is 2.30. The van der Waals surface area contributed by atoms with Crippen LogP contribution >= 0.6 is 12.4 Å². The van der Waals surface area contributed by atoms with E-state index in [1.54, 1.807) is 21.0 Å². The summed E-state index contributed by atoms with van der Waals surface area (Å²) in [7, 11) is 1.63. The molecule has 1 saturated heterocycles. The maximum atomic E-state index is 13.1. The van der Waals surface area contributed by atoms with Gasteiger partial charge in [0.2, 0.25) is 5.91 Å². The second-order valence-corrected chi connectivity index (χ2v) is 7.22. The number of methoxy groups -OCH3 is 1. The first-order valence-electron chi connectivity index (χ1n) is 9.73. The third kappa shape index (κ3) is 4.66. The van der Waals surface area contributed by atoms with E-state index in [-0.39, 0.29) is 35.5 Å². The van der Waals surface area contributed by atoms with Crippen molar-refractivity contribution in [3.05, 3.63) is 62.6 Å². The van der Waals surface area contributed by atoms with E-state index in [0.29, 0.717) is 37.2 Å². The van der Waals surface area contributed by atoms with Gasteiger partial charge in [0.25, 0.3) is 5.56 Å². The molecule has 0 bridgehead atoms. The molecule has 2 N–H and O–H groups in total. The molecule has 0 saturated carbocycles. The number of amides is 1. The number of pyridine rings is 1. The van der Waals surface area contributed by atoms with Gasteiger partial charge in [0.05, 0.1) is 13.2 Å². The number of halogens is 1. The number of carbonyl (C=O) groups is 1. The molecule has 2 aromatic rings. The number of hydrogen-bond donors (Lipinski definition) is 2. The van der Waals surface area contributed by atoms with Gasteiger partial charge in [-0.15, -0.1) is 12.4 Å². The minimum absolute atomic E-state index is 0. The highest BCUT2D eigenvalue weighted by atomic mass is 35.5. The molecule has 2 heterocycles. The van der Waals surface area contributed by atoms with E-state index < -0.39 is 0 Å². The number of carbonyl (C=O) groups excluding carboxylic acids is 1. The fourth-order valence-electron chi connectivity index (χ4n) is 4.02. The molecule has 1 aromatic carbocycles. The van der Waals surface area contributed by atoms with Gasteiger partial charge in [-0.1, -0.05) is 18.2 Å². The van der Waals surface area contributed by atoms with Crippen LogP contribution in [0.25, 0.3) is 0 Å². The van der Waals surface area contributed by atoms with Gasteiger partial charge in [0, 0.05) is 37.3 Å². The molecule has 1 amide bonds. The second-order valence-electron chi connectivity index (χ2n) is 7.22. The van der Waals surface area contributed by atoms with Crippen LogP contribution in [0.5, 0.6) is 5.75 Å². The lowest BCUT2D eigenvalue weighted by atomic mass is 9.97. The van der Waals surface area contributed by atoms with E-state index >= 15 is 0 Å². The Morgan fingerprint density at radius 1 is 1.33 bits per heavy atom. The molecule has 30 heavy (non-hydrogen) atoms. The van der Waals surface area contributed by atoms with E-state index in [1.807, 2.05) is 35.2 Å². The van der Waals surface area contributed by atoms with Gasteiger partial charge in [-0.25, -0.2) is 0 Å². The normalized spacial score (nSPS) is 15.8. The van der Waals surface area contributed by atoms with Crippen LogP contribution in [0.2, 0.25) is 0 Å². The molecule has 1 aliphatic heterocycles. The molecule has 0 aliphatic carbocycles. The number of aromatic amines is 1. The number of para-hydroxylation sites is 1. The molecule has 0 radical (unpaired) electrons. The van der Waals surface area contributed by atoms with Gasteiger partial charge in [-0.3, -0.25) is 9.59 Å². The Labute approximate surface area is 182 Å². The smallest absolute Gasteiger partial charge is 0.266 e. The number of nitrogens with zero attached hydrogens (tertiary/aromatic N) is 2. The van der Waals surface area contributed by atoms with Crippen molar-refractivity contribution in [3.8, 4) is 11.8 Å². The van der Waals surface area contributed by atoms with E-state index in [4.69, 9.17) is 4.74 Å². The SMILES string of the molecule is COc1ccccc1C1CNCCN1C(=O)CCc1c(C)[nH]c(=O)c(C#N)c1C.Cl. The minimum atomic E-state index is -0.379. The van der Waals surface area contributed by atoms with Crippen LogP contribution in [0.3, 0.4) is 0 Å². The molecule has 1 aliphatic rings. The highest BCUT2D eigenvalue weighted by Gasteiger charge is 2.29. The van der Waals surface area contributed by atoms with Gasteiger partial charge < -0.3 is 19.9 Å².